The smallest absolute Gasteiger partial charge is 0.252 e. The van der Waals surface area contributed by atoms with Gasteiger partial charge in [-0.3, -0.25) is 0 Å². The Morgan fingerprint density at radius 2 is 0.390 bits per heavy atom. The summed E-state index contributed by atoms with van der Waals surface area (Å²) in [4.78, 5) is 10.3. The Kier molecular flexibility index (Phi) is 16.0. The second kappa shape index (κ2) is 23.3. The molecule has 4 heterocycles. The van der Waals surface area contributed by atoms with E-state index in [1.165, 1.54) is 100 Å². The van der Waals surface area contributed by atoms with Crippen LogP contribution in [-0.2, 0) is 43.3 Å². The summed E-state index contributed by atoms with van der Waals surface area (Å²) in [6, 6.07) is 77.0. The Morgan fingerprint density at radius 3 is 0.560 bits per heavy atom. The summed E-state index contributed by atoms with van der Waals surface area (Å²) in [5, 5.41) is 0. The third-order valence-electron chi connectivity index (χ3n) is 22.3. The summed E-state index contributed by atoms with van der Waals surface area (Å²) in [6.07, 6.45) is 0. The van der Waals surface area contributed by atoms with Gasteiger partial charge in [-0.2, -0.15) is 0 Å². The molecule has 0 unspecified atom stereocenters. The van der Waals surface area contributed by atoms with Crippen LogP contribution in [0.15, 0.2) is 194 Å². The average Bonchev–Trinajstić information content (AvgIpc) is 0.698. The summed E-state index contributed by atoms with van der Waals surface area (Å²) in [6.45, 7) is 55.8. The molecular weight excluding hydrogens is 1210 g/mol. The minimum absolute atomic E-state index is 0.0333. The second-order valence-corrected chi connectivity index (χ2v) is 37.9. The zero-order chi connectivity index (χ0) is 71.8. The van der Waals surface area contributed by atoms with E-state index in [0.29, 0.717) is 0 Å². The summed E-state index contributed by atoms with van der Waals surface area (Å²) >= 11 is 0. The van der Waals surface area contributed by atoms with E-state index in [1.54, 1.807) is 0 Å². The molecule has 0 aromatic heterocycles. The van der Waals surface area contributed by atoms with Crippen LogP contribution >= 0.6 is 0 Å². The van der Waals surface area contributed by atoms with Crippen molar-refractivity contribution >= 4 is 122 Å². The summed E-state index contributed by atoms with van der Waals surface area (Å²) < 4.78 is 0. The molecule has 2 radical (unpaired) electrons. The van der Waals surface area contributed by atoms with Crippen LogP contribution < -0.4 is 52.4 Å². The first kappa shape index (κ1) is 68.7. The van der Waals surface area contributed by atoms with Crippen LogP contribution in [0.25, 0.3) is 0 Å². The van der Waals surface area contributed by atoms with Crippen molar-refractivity contribution < 1.29 is 0 Å². The molecule has 0 aliphatic carbocycles. The molecule has 4 aliphatic rings. The summed E-state index contributed by atoms with van der Waals surface area (Å²) in [5.41, 5.74) is 33.6. The van der Waals surface area contributed by atoms with Gasteiger partial charge in [0.25, 0.3) is 13.4 Å². The molecule has 100 heavy (non-hydrogen) atoms. The van der Waals surface area contributed by atoms with Crippen molar-refractivity contribution in [3.05, 3.63) is 250 Å². The molecule has 0 atom stereocenters. The molecule has 0 amide bonds. The number of rotatable bonds is 6. The van der Waals surface area contributed by atoms with Crippen molar-refractivity contribution in [2.24, 2.45) is 0 Å². The molecule has 14 rings (SSSR count). The van der Waals surface area contributed by atoms with Crippen LogP contribution in [0.3, 0.4) is 0 Å². The molecule has 10 aromatic carbocycles. The summed E-state index contributed by atoms with van der Waals surface area (Å²) in [7, 11) is 8.52. The first-order valence-electron chi connectivity index (χ1n) is 36.9. The van der Waals surface area contributed by atoms with Gasteiger partial charge in [-0.05, 0) is 235 Å². The lowest BCUT2D eigenvalue weighted by molar-refractivity contribution is 0.590. The van der Waals surface area contributed by atoms with Crippen molar-refractivity contribution in [2.75, 3.05) is 19.6 Å². The highest BCUT2D eigenvalue weighted by atomic mass is 15.2. The van der Waals surface area contributed by atoms with E-state index in [-0.39, 0.29) is 56.7 Å². The number of nitrogens with zero attached hydrogens (tertiary/aromatic N) is 4. The normalized spacial score (nSPS) is 14.6. The van der Waals surface area contributed by atoms with Gasteiger partial charge in [-0.25, -0.2) is 0 Å². The predicted octanol–water partition coefficient (Wildman–Crippen LogP) is 21.5. The van der Waals surface area contributed by atoms with Crippen LogP contribution in [0.5, 0.6) is 0 Å². The fraction of sp³-hybridized carbons (Fsp3) is 0.355. The van der Waals surface area contributed by atoms with Gasteiger partial charge >= 0.3 is 0 Å². The first-order chi connectivity index (χ1) is 46.6. The molecule has 4 aliphatic heterocycles. The van der Waals surface area contributed by atoms with Crippen LogP contribution in [0, 0.1) is 0 Å². The van der Waals surface area contributed by atoms with E-state index in [2.05, 4.69) is 380 Å². The van der Waals surface area contributed by atoms with Gasteiger partial charge in [0.15, 0.2) is 0 Å². The lowest BCUT2D eigenvalue weighted by atomic mass is 9.33. The van der Waals surface area contributed by atoms with E-state index < -0.39 is 5.82 Å². The molecule has 10 aromatic rings. The van der Waals surface area contributed by atoms with Crippen molar-refractivity contribution in [2.45, 2.75) is 215 Å². The quantitative estimate of drug-likeness (QED) is 0.154. The fourth-order valence-corrected chi connectivity index (χ4v) is 16.0. The molecule has 0 N–H and O–H groups in total. The van der Waals surface area contributed by atoms with Crippen molar-refractivity contribution in [1.29, 1.82) is 0 Å². The maximum absolute atomic E-state index is 8.52. The molecule has 0 saturated heterocycles. The third-order valence-corrected chi connectivity index (χ3v) is 22.3. The maximum atomic E-state index is 8.52. The molecular formula is C93H105B3N4. The van der Waals surface area contributed by atoms with E-state index in [0.717, 1.165) is 56.6 Å². The lowest BCUT2D eigenvalue weighted by Crippen LogP contribution is -2.62. The van der Waals surface area contributed by atoms with E-state index in [1.807, 2.05) is 0 Å². The minimum Gasteiger partial charge on any atom is -0.311 e. The topological polar surface area (TPSA) is 13.0 Å². The number of anilines is 12. The monoisotopic (exact) mass is 1310 g/mol. The fourth-order valence-electron chi connectivity index (χ4n) is 16.0. The number of benzene rings is 10. The van der Waals surface area contributed by atoms with E-state index in [4.69, 9.17) is 7.85 Å². The SMILES string of the molecule is [B]C(c1cc2c3c(c1)N(c1ccc(C(C)(C)C)cc1)c1ccc(C(C)(C)C)cc1B3c1cc(C(C)(C)C)ccc1N2c1ccc(C(C)(C)C)cc1)c1cc2c3c(c1)N(c1ccc(C(C)(C)C)cc1)c1ccc(C(C)(C)C)cc1B3c1cc(C(C)(C)C)ccc1N2c1ccc(C(C)(C)C)cc1. The highest BCUT2D eigenvalue weighted by Crippen LogP contribution is 2.51. The molecule has 0 saturated carbocycles. The van der Waals surface area contributed by atoms with Gasteiger partial charge in [-0.1, -0.05) is 263 Å². The van der Waals surface area contributed by atoms with Crippen LogP contribution in [-0.4, -0.2) is 21.3 Å². The highest BCUT2D eigenvalue weighted by Gasteiger charge is 2.48. The predicted molar refractivity (Wildman–Crippen MR) is 438 cm³/mol. The molecule has 0 spiro atoms. The lowest BCUT2D eigenvalue weighted by Gasteiger charge is -2.46. The van der Waals surface area contributed by atoms with Gasteiger partial charge in [0.2, 0.25) is 0 Å². The van der Waals surface area contributed by atoms with E-state index >= 15 is 0 Å². The van der Waals surface area contributed by atoms with Gasteiger partial charge in [0.05, 0.1) is 7.85 Å². The molecule has 7 heteroatoms. The second-order valence-electron chi connectivity index (χ2n) is 37.9. The number of hydrogen-bond acceptors (Lipinski definition) is 4. The Hall–Kier alpha value is -8.41. The van der Waals surface area contributed by atoms with Crippen LogP contribution in [0.2, 0.25) is 0 Å². The Balaban J connectivity index is 1.10. The Bertz CT molecular complexity index is 4260. The summed E-state index contributed by atoms with van der Waals surface area (Å²) in [5.74, 6) is -0.603. The Labute approximate surface area is 603 Å². The zero-order valence-corrected chi connectivity index (χ0v) is 64.6. The third kappa shape index (κ3) is 11.9. The van der Waals surface area contributed by atoms with Gasteiger partial charge in [0.1, 0.15) is 0 Å². The molecule has 0 fully saturated rings. The zero-order valence-electron chi connectivity index (χ0n) is 64.6. The average molecular weight is 1310 g/mol. The standard InChI is InChI=1S/C93H105B3N4/c1-86(2,3)59-25-37-67(38-26-59)97-75-45-33-63(90(13,14)15)53-71(75)95-72-54-64(91(16,17)18)34-46-76(72)98(68-39-27-60(28-40-68)87(4,5)6)80-50-57(49-79(97)84(80)95)83(94)58-51-81-85-82(52-58)100(70-43-31-62(32-44-70)89(10,11)12)78-48-36-66(93(22,23)24)56-74(78)96(85)73-55-65(92(19,20)21)35-47-77(73)99(81)69-41-29-61(30-42-69)88(7,8)9/h25-56,83H,1-24H3. The minimum atomic E-state index is -0.603. The van der Waals surface area contributed by atoms with Crippen molar-refractivity contribution in [3.63, 3.8) is 0 Å². The first-order valence-corrected chi connectivity index (χ1v) is 36.9. The maximum Gasteiger partial charge on any atom is 0.252 e. The Morgan fingerprint density at radius 1 is 0.220 bits per heavy atom. The molecule has 506 valence electrons. The van der Waals surface area contributed by atoms with E-state index in [9.17, 15) is 0 Å². The van der Waals surface area contributed by atoms with Crippen molar-refractivity contribution in [1.82, 2.24) is 0 Å². The highest BCUT2D eigenvalue weighted by molar-refractivity contribution is 7.01. The molecule has 4 nitrogen and oxygen atoms in total. The van der Waals surface area contributed by atoms with Gasteiger partial charge < -0.3 is 19.6 Å². The van der Waals surface area contributed by atoms with Gasteiger partial charge in [-0.15, -0.1) is 0 Å². The van der Waals surface area contributed by atoms with Crippen molar-refractivity contribution in [3.8, 4) is 0 Å². The largest absolute Gasteiger partial charge is 0.311 e. The van der Waals surface area contributed by atoms with Crippen LogP contribution in [0.4, 0.5) is 68.2 Å². The molecule has 0 bridgehead atoms. The number of fused-ring (bicyclic) bond motifs is 8. The number of hydrogen-bond donors (Lipinski definition) is 0. The van der Waals surface area contributed by atoms with Crippen LogP contribution in [0.1, 0.15) is 228 Å². The van der Waals surface area contributed by atoms with Gasteiger partial charge in [0, 0.05) is 68.2 Å².